The van der Waals surface area contributed by atoms with Crippen LogP contribution < -0.4 is 10.4 Å². The van der Waals surface area contributed by atoms with Gasteiger partial charge in [0.25, 0.3) is 0 Å². The van der Waals surface area contributed by atoms with Gasteiger partial charge in [-0.05, 0) is 57.0 Å². The van der Waals surface area contributed by atoms with Gasteiger partial charge in [0.15, 0.2) is 5.69 Å². The molecule has 0 amide bonds. The molecule has 0 unspecified atom stereocenters. The van der Waals surface area contributed by atoms with Gasteiger partial charge >= 0.3 is 0 Å². The molecule has 0 saturated heterocycles. The number of nitriles is 1. The number of benzene rings is 2. The van der Waals surface area contributed by atoms with Crippen molar-refractivity contribution < 1.29 is 14.2 Å². The summed E-state index contributed by atoms with van der Waals surface area (Å²) in [6.07, 6.45) is 1.28. The van der Waals surface area contributed by atoms with Gasteiger partial charge in [-0.25, -0.2) is 14.4 Å². The molecule has 0 saturated carbocycles. The summed E-state index contributed by atoms with van der Waals surface area (Å²) in [5.74, 6) is -0.431. The van der Waals surface area contributed by atoms with Crippen LogP contribution in [-0.4, -0.2) is 21.4 Å². The van der Waals surface area contributed by atoms with Gasteiger partial charge in [-0.3, -0.25) is 5.01 Å². The van der Waals surface area contributed by atoms with E-state index in [1.807, 2.05) is 0 Å². The van der Waals surface area contributed by atoms with Crippen LogP contribution in [0.4, 0.5) is 10.1 Å². The highest BCUT2D eigenvalue weighted by Crippen LogP contribution is 2.23. The number of nitrogens with one attached hydrogen (secondary N) is 1. The minimum Gasteiger partial charge on any atom is -0.409 e. The summed E-state index contributed by atoms with van der Waals surface area (Å²) >= 11 is 3.14. The van der Waals surface area contributed by atoms with Crippen LogP contribution >= 0.6 is 15.9 Å². The van der Waals surface area contributed by atoms with Gasteiger partial charge in [0.05, 0.1) is 21.8 Å². The fourth-order valence-electron chi connectivity index (χ4n) is 2.25. The molecule has 0 atom stereocenters. The molecule has 1 heterocycles. The quantitative estimate of drug-likeness (QED) is 0.276. The average Bonchev–Trinajstić information content (AvgIpc) is 3.22. The van der Waals surface area contributed by atoms with E-state index in [1.54, 1.807) is 24.3 Å². The van der Waals surface area contributed by atoms with Gasteiger partial charge in [0, 0.05) is 6.54 Å². The van der Waals surface area contributed by atoms with Crippen LogP contribution in [0.15, 0.2) is 62.9 Å². The number of amidine groups is 1. The Bertz CT molecular complexity index is 986. The number of hydrazine groups is 1. The van der Waals surface area contributed by atoms with Gasteiger partial charge in [-0.2, -0.15) is 5.26 Å². The smallest absolute Gasteiger partial charge is 0.218 e. The van der Waals surface area contributed by atoms with Crippen molar-refractivity contribution in [2.45, 2.75) is 6.54 Å². The van der Waals surface area contributed by atoms with Crippen LogP contribution in [0, 0.1) is 17.1 Å². The van der Waals surface area contributed by atoms with Crippen molar-refractivity contribution in [2.75, 3.05) is 5.01 Å². The Morgan fingerprint density at radius 2 is 2.11 bits per heavy atom. The largest absolute Gasteiger partial charge is 0.409 e. The highest BCUT2D eigenvalue weighted by Gasteiger charge is 2.21. The summed E-state index contributed by atoms with van der Waals surface area (Å²) in [6, 6.07) is 13.3. The van der Waals surface area contributed by atoms with Gasteiger partial charge < -0.3 is 5.21 Å². The number of nitrogens with zero attached hydrogens (tertiary/aromatic N) is 5. The normalized spacial score (nSPS) is 11.2. The second-order valence-corrected chi connectivity index (χ2v) is 6.15. The molecule has 3 rings (SSSR count). The van der Waals surface area contributed by atoms with E-state index in [0.29, 0.717) is 17.8 Å². The second-order valence-electron chi connectivity index (χ2n) is 5.29. The highest BCUT2D eigenvalue weighted by atomic mass is 79.9. The first kappa shape index (κ1) is 18.5. The van der Waals surface area contributed by atoms with Crippen molar-refractivity contribution in [2.24, 2.45) is 5.16 Å². The van der Waals surface area contributed by atoms with Gasteiger partial charge in [0.2, 0.25) is 5.84 Å². The minimum atomic E-state index is -0.434. The Morgan fingerprint density at radius 3 is 2.70 bits per heavy atom. The Morgan fingerprint density at radius 1 is 1.33 bits per heavy atom. The lowest BCUT2D eigenvalue weighted by Crippen LogP contribution is -2.43. The van der Waals surface area contributed by atoms with Gasteiger partial charge in [-0.1, -0.05) is 22.4 Å². The van der Waals surface area contributed by atoms with Crippen LogP contribution in [-0.2, 0) is 6.54 Å². The standard InChI is InChI=1S/C17H12BrFN6O2/c18-14-7-13(5-6-15(14)19)25(17(23-26)16-10-22-27-24-16)21-9-12-3-1-11(8-20)2-4-12/h1-7,10,21,26H,9H2/b23-17+. The molecule has 0 bridgehead atoms. The third-order valence-electron chi connectivity index (χ3n) is 3.58. The third-order valence-corrected chi connectivity index (χ3v) is 4.19. The van der Waals surface area contributed by atoms with Crippen molar-refractivity contribution in [3.05, 3.63) is 75.8 Å². The Balaban J connectivity index is 1.91. The molecule has 8 nitrogen and oxygen atoms in total. The van der Waals surface area contributed by atoms with Gasteiger partial charge in [0.1, 0.15) is 12.0 Å². The number of oxime groups is 1. The fraction of sp³-hybridized carbons (Fsp3) is 0.0588. The molecular formula is C17H12BrFN6O2. The second kappa shape index (κ2) is 8.39. The van der Waals surface area contributed by atoms with Crippen molar-refractivity contribution >= 4 is 27.5 Å². The summed E-state index contributed by atoms with van der Waals surface area (Å²) in [5, 5.41) is 30.2. The molecule has 10 heteroatoms. The highest BCUT2D eigenvalue weighted by molar-refractivity contribution is 9.10. The Labute approximate surface area is 161 Å². The lowest BCUT2D eigenvalue weighted by Gasteiger charge is -2.25. The first-order valence-corrected chi connectivity index (χ1v) is 8.39. The van der Waals surface area contributed by atoms with Crippen LogP contribution in [0.2, 0.25) is 0 Å². The maximum absolute atomic E-state index is 13.6. The van der Waals surface area contributed by atoms with E-state index in [0.717, 1.165) is 5.56 Å². The Hall–Kier alpha value is -3.29. The third kappa shape index (κ3) is 4.28. The van der Waals surface area contributed by atoms with Crippen molar-refractivity contribution in [1.82, 2.24) is 15.7 Å². The maximum atomic E-state index is 13.6. The number of aromatic nitrogens is 2. The monoisotopic (exact) mass is 430 g/mol. The Kier molecular flexibility index (Phi) is 5.75. The summed E-state index contributed by atoms with van der Waals surface area (Å²) in [7, 11) is 0. The van der Waals surface area contributed by atoms with E-state index >= 15 is 0 Å². The lowest BCUT2D eigenvalue weighted by molar-refractivity contribution is 0.303. The van der Waals surface area contributed by atoms with Crippen LogP contribution in [0.25, 0.3) is 0 Å². The van der Waals surface area contributed by atoms with Crippen molar-refractivity contribution in [1.29, 1.82) is 5.26 Å². The molecular weight excluding hydrogens is 419 g/mol. The fourth-order valence-corrected chi connectivity index (χ4v) is 2.62. The molecule has 0 spiro atoms. The number of hydrogen-bond acceptors (Lipinski definition) is 7. The number of halogens is 2. The minimum absolute atomic E-state index is 0.00315. The SMILES string of the molecule is N#Cc1ccc(CNN(/C(=N/O)c2cnon2)c2ccc(F)c(Br)c2)cc1. The van der Waals surface area contributed by atoms with Crippen LogP contribution in [0.1, 0.15) is 16.8 Å². The molecule has 0 radical (unpaired) electrons. The maximum Gasteiger partial charge on any atom is 0.218 e. The summed E-state index contributed by atoms with van der Waals surface area (Å²) in [6.45, 7) is 0.324. The molecule has 0 aliphatic carbocycles. The van der Waals surface area contributed by atoms with Crippen molar-refractivity contribution in [3.8, 4) is 6.07 Å². The molecule has 27 heavy (non-hydrogen) atoms. The molecule has 0 aliphatic rings. The van der Waals surface area contributed by atoms with E-state index in [2.05, 4.69) is 47.5 Å². The lowest BCUT2D eigenvalue weighted by atomic mass is 10.1. The van der Waals surface area contributed by atoms with E-state index in [-0.39, 0.29) is 16.0 Å². The van der Waals surface area contributed by atoms with Crippen LogP contribution in [0.5, 0.6) is 0 Å². The van der Waals surface area contributed by atoms with Crippen molar-refractivity contribution in [3.63, 3.8) is 0 Å². The predicted octanol–water partition coefficient (Wildman–Crippen LogP) is 3.19. The average molecular weight is 431 g/mol. The predicted molar refractivity (Wildman–Crippen MR) is 97.2 cm³/mol. The molecule has 0 aliphatic heterocycles. The van der Waals surface area contributed by atoms with E-state index in [4.69, 9.17) is 5.26 Å². The van der Waals surface area contributed by atoms with Crippen LogP contribution in [0.3, 0.4) is 0 Å². The number of rotatable bonds is 5. The first-order valence-electron chi connectivity index (χ1n) is 7.60. The topological polar surface area (TPSA) is 111 Å². The molecule has 0 fully saturated rings. The zero-order valence-corrected chi connectivity index (χ0v) is 15.3. The zero-order chi connectivity index (χ0) is 19.2. The summed E-state index contributed by atoms with van der Waals surface area (Å²) in [4.78, 5) is 0. The number of hydrogen-bond donors (Lipinski definition) is 2. The molecule has 2 aromatic carbocycles. The van der Waals surface area contributed by atoms with E-state index < -0.39 is 5.82 Å². The van der Waals surface area contributed by atoms with Gasteiger partial charge in [-0.15, -0.1) is 0 Å². The molecule has 2 N–H and O–H groups in total. The summed E-state index contributed by atoms with van der Waals surface area (Å²) < 4.78 is 18.4. The summed E-state index contributed by atoms with van der Waals surface area (Å²) in [5.41, 5.74) is 5.15. The zero-order valence-electron chi connectivity index (χ0n) is 13.7. The van der Waals surface area contributed by atoms with E-state index in [1.165, 1.54) is 29.4 Å². The molecule has 1 aromatic heterocycles. The first-order chi connectivity index (χ1) is 13.1. The molecule has 136 valence electrons. The molecule has 3 aromatic rings. The van der Waals surface area contributed by atoms with E-state index in [9.17, 15) is 9.60 Å². The number of anilines is 1.